The Hall–Kier alpha value is -3.23. The van der Waals surface area contributed by atoms with Crippen LogP contribution in [0.2, 0.25) is 0 Å². The van der Waals surface area contributed by atoms with Gasteiger partial charge in [0.05, 0.1) is 20.1 Å². The molecule has 8 heteroatoms. The first-order valence-corrected chi connectivity index (χ1v) is 12.9. The van der Waals surface area contributed by atoms with Gasteiger partial charge in [-0.2, -0.15) is 0 Å². The smallest absolute Gasteiger partial charge is 0.261 e. The van der Waals surface area contributed by atoms with Gasteiger partial charge in [0.15, 0.2) is 0 Å². The Bertz CT molecular complexity index is 1360. The molecule has 0 aliphatic carbocycles. The number of nitrogens with one attached hydrogen (secondary N) is 2. The molecule has 4 rings (SSSR count). The lowest BCUT2D eigenvalue weighted by Gasteiger charge is -2.12. The number of hydrogen-bond acceptors (Lipinski definition) is 5. The lowest BCUT2D eigenvalue weighted by atomic mass is 10.1. The molecule has 0 atom stereocenters. The molecular formula is C25H25N3O3S2. The summed E-state index contributed by atoms with van der Waals surface area (Å²) in [6, 6.07) is 19.7. The molecule has 3 aromatic carbocycles. The van der Waals surface area contributed by atoms with Crippen molar-refractivity contribution < 1.29 is 13.2 Å². The van der Waals surface area contributed by atoms with Crippen LogP contribution in [0.5, 0.6) is 0 Å². The Balaban J connectivity index is 1.38. The maximum absolute atomic E-state index is 12.8. The first-order chi connectivity index (χ1) is 15.8. The lowest BCUT2D eigenvalue weighted by Crippen LogP contribution is -2.26. The Morgan fingerprint density at radius 1 is 1.00 bits per heavy atom. The van der Waals surface area contributed by atoms with Gasteiger partial charge in [-0.05, 0) is 62.2 Å². The highest BCUT2D eigenvalue weighted by Crippen LogP contribution is 2.23. The number of carbonyl (C=O) groups excluding carboxylic acids is 1. The molecule has 6 nitrogen and oxygen atoms in total. The molecule has 0 saturated carbocycles. The Labute approximate surface area is 197 Å². The maximum atomic E-state index is 12.8. The molecule has 1 aromatic heterocycles. The number of aromatic nitrogens is 1. The predicted molar refractivity (Wildman–Crippen MR) is 133 cm³/mol. The van der Waals surface area contributed by atoms with Gasteiger partial charge in [0.1, 0.15) is 0 Å². The monoisotopic (exact) mass is 479 g/mol. The highest BCUT2D eigenvalue weighted by Gasteiger charge is 2.18. The average Bonchev–Trinajstić information content (AvgIpc) is 3.21. The highest BCUT2D eigenvalue weighted by atomic mass is 32.2. The van der Waals surface area contributed by atoms with E-state index in [1.54, 1.807) is 36.5 Å². The van der Waals surface area contributed by atoms with Crippen molar-refractivity contribution >= 4 is 43.2 Å². The third-order valence-corrected chi connectivity index (χ3v) is 7.73. The fourth-order valence-electron chi connectivity index (χ4n) is 3.41. The van der Waals surface area contributed by atoms with E-state index in [9.17, 15) is 13.2 Å². The topological polar surface area (TPSA) is 88.2 Å². The van der Waals surface area contributed by atoms with Crippen LogP contribution in [0.1, 0.15) is 32.9 Å². The van der Waals surface area contributed by atoms with Crippen LogP contribution >= 0.6 is 11.3 Å². The van der Waals surface area contributed by atoms with Gasteiger partial charge in [0.25, 0.3) is 15.9 Å². The standard InChI is InChI=1S/C25H25N3O3S2/c1-17-9-12-19(13-10-17)28-33(30,31)20-14-11-18(2)21(16-20)25(29)26-15-5-8-24-27-22-6-3-4-7-23(22)32-24/h3-4,6-7,9-14,16,28H,5,8,15H2,1-2H3,(H,26,29). The minimum absolute atomic E-state index is 0.0494. The molecule has 0 fully saturated rings. The summed E-state index contributed by atoms with van der Waals surface area (Å²) in [5.41, 5.74) is 3.57. The van der Waals surface area contributed by atoms with Gasteiger partial charge in [-0.15, -0.1) is 11.3 Å². The van der Waals surface area contributed by atoms with Crippen molar-refractivity contribution in [2.75, 3.05) is 11.3 Å². The van der Waals surface area contributed by atoms with E-state index in [1.165, 1.54) is 12.1 Å². The minimum Gasteiger partial charge on any atom is -0.352 e. The number of hydrogen-bond donors (Lipinski definition) is 2. The Morgan fingerprint density at radius 2 is 1.76 bits per heavy atom. The molecule has 1 heterocycles. The molecule has 33 heavy (non-hydrogen) atoms. The molecule has 0 saturated heterocycles. The number of para-hydroxylation sites is 1. The lowest BCUT2D eigenvalue weighted by molar-refractivity contribution is 0.0952. The zero-order valence-electron chi connectivity index (χ0n) is 18.5. The van der Waals surface area contributed by atoms with Crippen molar-refractivity contribution in [3.63, 3.8) is 0 Å². The molecule has 0 aliphatic rings. The van der Waals surface area contributed by atoms with E-state index in [0.29, 0.717) is 23.4 Å². The summed E-state index contributed by atoms with van der Waals surface area (Å²) >= 11 is 1.66. The second kappa shape index (κ2) is 9.72. The SMILES string of the molecule is Cc1ccc(NS(=O)(=O)c2ccc(C)c(C(=O)NCCCc3nc4ccccc4s3)c2)cc1. The van der Waals surface area contributed by atoms with Crippen LogP contribution in [-0.2, 0) is 16.4 Å². The number of carbonyl (C=O) groups is 1. The summed E-state index contributed by atoms with van der Waals surface area (Å²) in [7, 11) is -3.81. The molecule has 170 valence electrons. The number of thiazole rings is 1. The minimum atomic E-state index is -3.81. The Morgan fingerprint density at radius 3 is 2.52 bits per heavy atom. The van der Waals surface area contributed by atoms with Crippen LogP contribution in [0, 0.1) is 13.8 Å². The zero-order valence-corrected chi connectivity index (χ0v) is 20.1. The number of benzene rings is 3. The van der Waals surface area contributed by atoms with Crippen molar-refractivity contribution in [1.82, 2.24) is 10.3 Å². The van der Waals surface area contributed by atoms with E-state index in [0.717, 1.165) is 33.6 Å². The number of sulfonamides is 1. The van der Waals surface area contributed by atoms with Gasteiger partial charge in [0.2, 0.25) is 0 Å². The summed E-state index contributed by atoms with van der Waals surface area (Å²) in [6.07, 6.45) is 1.52. The quantitative estimate of drug-likeness (QED) is 0.345. The van der Waals surface area contributed by atoms with E-state index < -0.39 is 10.0 Å². The molecule has 4 aromatic rings. The molecule has 0 radical (unpaired) electrons. The number of rotatable bonds is 8. The Kier molecular flexibility index (Phi) is 6.76. The molecule has 0 bridgehead atoms. The van der Waals surface area contributed by atoms with Crippen molar-refractivity contribution in [2.45, 2.75) is 31.6 Å². The van der Waals surface area contributed by atoms with Crippen LogP contribution in [0.25, 0.3) is 10.2 Å². The highest BCUT2D eigenvalue weighted by molar-refractivity contribution is 7.92. The summed E-state index contributed by atoms with van der Waals surface area (Å²) in [4.78, 5) is 17.4. The third kappa shape index (κ3) is 5.58. The number of nitrogens with zero attached hydrogens (tertiary/aromatic N) is 1. The zero-order chi connectivity index (χ0) is 23.4. The molecular weight excluding hydrogens is 454 g/mol. The average molecular weight is 480 g/mol. The van der Waals surface area contributed by atoms with Crippen LogP contribution in [0.3, 0.4) is 0 Å². The van der Waals surface area contributed by atoms with Crippen molar-refractivity contribution in [3.05, 3.63) is 88.4 Å². The van der Waals surface area contributed by atoms with Crippen LogP contribution in [-0.4, -0.2) is 25.9 Å². The molecule has 1 amide bonds. The van der Waals surface area contributed by atoms with E-state index >= 15 is 0 Å². The first kappa shape index (κ1) is 22.9. The largest absolute Gasteiger partial charge is 0.352 e. The number of aryl methyl sites for hydroxylation is 3. The number of fused-ring (bicyclic) bond motifs is 1. The summed E-state index contributed by atoms with van der Waals surface area (Å²) in [5, 5.41) is 3.94. The van der Waals surface area contributed by atoms with Gasteiger partial charge in [0, 0.05) is 24.2 Å². The van der Waals surface area contributed by atoms with Gasteiger partial charge < -0.3 is 5.32 Å². The third-order valence-electron chi connectivity index (χ3n) is 5.26. The van der Waals surface area contributed by atoms with E-state index in [1.807, 2.05) is 37.3 Å². The van der Waals surface area contributed by atoms with E-state index in [2.05, 4.69) is 21.1 Å². The summed E-state index contributed by atoms with van der Waals surface area (Å²) < 4.78 is 29.4. The van der Waals surface area contributed by atoms with E-state index in [-0.39, 0.29) is 10.8 Å². The molecule has 0 unspecified atom stereocenters. The fourth-order valence-corrected chi connectivity index (χ4v) is 5.51. The maximum Gasteiger partial charge on any atom is 0.261 e. The molecule has 0 spiro atoms. The van der Waals surface area contributed by atoms with Crippen molar-refractivity contribution in [1.29, 1.82) is 0 Å². The van der Waals surface area contributed by atoms with Gasteiger partial charge in [-0.1, -0.05) is 35.9 Å². The molecule has 2 N–H and O–H groups in total. The van der Waals surface area contributed by atoms with Crippen LogP contribution in [0.4, 0.5) is 5.69 Å². The second-order valence-electron chi connectivity index (χ2n) is 7.88. The van der Waals surface area contributed by atoms with E-state index in [4.69, 9.17) is 0 Å². The molecule has 0 aliphatic heterocycles. The first-order valence-electron chi connectivity index (χ1n) is 10.6. The van der Waals surface area contributed by atoms with Gasteiger partial charge in [-0.25, -0.2) is 13.4 Å². The second-order valence-corrected chi connectivity index (χ2v) is 10.7. The van der Waals surface area contributed by atoms with Crippen molar-refractivity contribution in [2.24, 2.45) is 0 Å². The predicted octanol–water partition coefficient (Wildman–Crippen LogP) is 5.08. The van der Waals surface area contributed by atoms with Crippen LogP contribution < -0.4 is 10.0 Å². The summed E-state index contributed by atoms with van der Waals surface area (Å²) in [5.74, 6) is -0.288. The normalized spacial score (nSPS) is 11.5. The van der Waals surface area contributed by atoms with Gasteiger partial charge >= 0.3 is 0 Å². The summed E-state index contributed by atoms with van der Waals surface area (Å²) in [6.45, 7) is 4.20. The van der Waals surface area contributed by atoms with Crippen LogP contribution in [0.15, 0.2) is 71.6 Å². The number of anilines is 1. The fraction of sp³-hybridized carbons (Fsp3) is 0.200. The van der Waals surface area contributed by atoms with Gasteiger partial charge in [-0.3, -0.25) is 9.52 Å². The van der Waals surface area contributed by atoms with Crippen molar-refractivity contribution in [3.8, 4) is 0 Å². The number of amides is 1.